The highest BCUT2D eigenvalue weighted by Gasteiger charge is 2.08. The van der Waals surface area contributed by atoms with Crippen LogP contribution >= 0.6 is 12.2 Å². The molecule has 0 saturated heterocycles. The van der Waals surface area contributed by atoms with Crippen molar-refractivity contribution in [3.05, 3.63) is 40.4 Å². The smallest absolute Gasteiger partial charge is 0.251 e. The number of aryl methyl sites for hydroxylation is 1. The van der Waals surface area contributed by atoms with Gasteiger partial charge >= 0.3 is 0 Å². The van der Waals surface area contributed by atoms with Crippen molar-refractivity contribution in [2.75, 3.05) is 6.54 Å². The van der Waals surface area contributed by atoms with Crippen molar-refractivity contribution < 1.29 is 9.18 Å². The molecule has 2 aromatic rings. The summed E-state index contributed by atoms with van der Waals surface area (Å²) in [5, 5.41) is 9.49. The van der Waals surface area contributed by atoms with E-state index in [1.807, 2.05) is 11.5 Å². The molecule has 0 spiro atoms. The van der Waals surface area contributed by atoms with E-state index in [4.69, 9.17) is 12.2 Å². The monoisotopic (exact) mass is 295 g/mol. The van der Waals surface area contributed by atoms with Gasteiger partial charge < -0.3 is 9.88 Å². The van der Waals surface area contributed by atoms with E-state index in [1.165, 1.54) is 12.3 Å². The summed E-state index contributed by atoms with van der Waals surface area (Å²) < 4.78 is 15.2. The molecule has 0 bridgehead atoms. The van der Waals surface area contributed by atoms with Crippen molar-refractivity contribution >= 4 is 18.1 Å². The molecule has 106 valence electrons. The molecule has 0 fully saturated rings. The predicted molar refractivity (Wildman–Crippen MR) is 73.3 cm³/mol. The Labute approximate surface area is 120 Å². The van der Waals surface area contributed by atoms with Gasteiger partial charge in [0.25, 0.3) is 5.91 Å². The summed E-state index contributed by atoms with van der Waals surface area (Å²) in [4.78, 5) is 15.2. The number of H-pyrrole nitrogens is 1. The molecule has 2 heterocycles. The van der Waals surface area contributed by atoms with Gasteiger partial charge in [-0.05, 0) is 18.3 Å². The van der Waals surface area contributed by atoms with E-state index in [9.17, 15) is 9.18 Å². The minimum Gasteiger partial charge on any atom is -0.350 e. The number of nitrogens with zero attached hydrogens (tertiary/aromatic N) is 3. The third kappa shape index (κ3) is 3.27. The van der Waals surface area contributed by atoms with Crippen molar-refractivity contribution in [1.29, 1.82) is 0 Å². The standard InChI is InChI=1S/C12H14FN5OS/c1-2-10-16-17-12(20)18(10)6-5-15-11(19)8-3-4-14-9(13)7-8/h3-4,7H,2,5-6H2,1H3,(H,15,19)(H,17,20). The Morgan fingerprint density at radius 1 is 1.60 bits per heavy atom. The molecule has 0 saturated carbocycles. The van der Waals surface area contributed by atoms with Gasteiger partial charge in [-0.3, -0.25) is 9.89 Å². The highest BCUT2D eigenvalue weighted by atomic mass is 32.1. The number of halogens is 1. The van der Waals surface area contributed by atoms with Gasteiger partial charge in [-0.25, -0.2) is 4.98 Å². The number of hydrogen-bond donors (Lipinski definition) is 2. The number of amides is 1. The second kappa shape index (κ2) is 6.38. The maximum absolute atomic E-state index is 12.9. The summed E-state index contributed by atoms with van der Waals surface area (Å²) in [6.45, 7) is 2.86. The number of nitrogens with one attached hydrogen (secondary N) is 2. The average molecular weight is 295 g/mol. The van der Waals surface area contributed by atoms with Gasteiger partial charge in [0.15, 0.2) is 4.77 Å². The highest BCUT2D eigenvalue weighted by molar-refractivity contribution is 7.71. The molecule has 2 rings (SSSR count). The number of aromatic amines is 1. The SMILES string of the molecule is CCc1n[nH]c(=S)n1CCNC(=O)c1ccnc(F)c1. The lowest BCUT2D eigenvalue weighted by Gasteiger charge is -2.07. The molecule has 0 atom stereocenters. The lowest BCUT2D eigenvalue weighted by atomic mass is 10.2. The third-order valence-electron chi connectivity index (χ3n) is 2.76. The zero-order valence-electron chi connectivity index (χ0n) is 10.9. The lowest BCUT2D eigenvalue weighted by molar-refractivity contribution is 0.0951. The van der Waals surface area contributed by atoms with Crippen LogP contribution in [0.25, 0.3) is 0 Å². The zero-order chi connectivity index (χ0) is 14.5. The molecule has 0 unspecified atom stereocenters. The molecule has 0 aliphatic rings. The number of hydrogen-bond acceptors (Lipinski definition) is 4. The molecule has 0 radical (unpaired) electrons. The van der Waals surface area contributed by atoms with Gasteiger partial charge in [-0.15, -0.1) is 0 Å². The topological polar surface area (TPSA) is 75.6 Å². The van der Waals surface area contributed by atoms with Crippen LogP contribution in [-0.2, 0) is 13.0 Å². The summed E-state index contributed by atoms with van der Waals surface area (Å²) in [6.07, 6.45) is 2.00. The van der Waals surface area contributed by atoms with E-state index in [2.05, 4.69) is 20.5 Å². The normalized spacial score (nSPS) is 10.5. The molecule has 6 nitrogen and oxygen atoms in total. The van der Waals surface area contributed by atoms with Gasteiger partial charge in [0.1, 0.15) is 5.82 Å². The van der Waals surface area contributed by atoms with Crippen LogP contribution in [0, 0.1) is 10.7 Å². The van der Waals surface area contributed by atoms with E-state index in [-0.39, 0.29) is 11.5 Å². The largest absolute Gasteiger partial charge is 0.350 e. The molecule has 1 amide bonds. The second-order valence-corrected chi connectivity index (χ2v) is 4.46. The van der Waals surface area contributed by atoms with Crippen molar-refractivity contribution in [1.82, 2.24) is 25.1 Å². The number of carbonyl (C=O) groups excluding carboxylic acids is 1. The van der Waals surface area contributed by atoms with Crippen LogP contribution in [0.1, 0.15) is 23.1 Å². The summed E-state index contributed by atoms with van der Waals surface area (Å²) in [5.41, 5.74) is 0.240. The molecular formula is C12H14FN5OS. The fourth-order valence-corrected chi connectivity index (χ4v) is 2.02. The quantitative estimate of drug-likeness (QED) is 0.647. The fraction of sp³-hybridized carbons (Fsp3) is 0.333. The Bertz CT molecular complexity index is 666. The summed E-state index contributed by atoms with van der Waals surface area (Å²) in [7, 11) is 0. The molecular weight excluding hydrogens is 281 g/mol. The Hall–Kier alpha value is -2.09. The molecule has 2 aromatic heterocycles. The molecule has 2 N–H and O–H groups in total. The van der Waals surface area contributed by atoms with Crippen molar-refractivity contribution in [2.45, 2.75) is 19.9 Å². The number of pyridine rings is 1. The number of carbonyl (C=O) groups is 1. The van der Waals surface area contributed by atoms with E-state index in [1.54, 1.807) is 0 Å². The summed E-state index contributed by atoms with van der Waals surface area (Å²) in [5.74, 6) is -0.193. The third-order valence-corrected chi connectivity index (χ3v) is 3.07. The molecule has 8 heteroatoms. The highest BCUT2D eigenvalue weighted by Crippen LogP contribution is 2.01. The number of aromatic nitrogens is 4. The Kier molecular flexibility index (Phi) is 4.57. The van der Waals surface area contributed by atoms with E-state index >= 15 is 0 Å². The second-order valence-electron chi connectivity index (χ2n) is 4.07. The van der Waals surface area contributed by atoms with Gasteiger partial charge in [-0.2, -0.15) is 9.49 Å². The van der Waals surface area contributed by atoms with Crippen LogP contribution in [0.2, 0.25) is 0 Å². The average Bonchev–Trinajstić information content (AvgIpc) is 2.79. The van der Waals surface area contributed by atoms with Crippen molar-refractivity contribution in [2.24, 2.45) is 0 Å². The summed E-state index contributed by atoms with van der Waals surface area (Å²) >= 11 is 5.10. The first-order valence-electron chi connectivity index (χ1n) is 6.15. The van der Waals surface area contributed by atoms with Gasteiger partial charge in [0.2, 0.25) is 5.95 Å². The molecule has 20 heavy (non-hydrogen) atoms. The Morgan fingerprint density at radius 2 is 2.40 bits per heavy atom. The van der Waals surface area contributed by atoms with Crippen LogP contribution in [0.4, 0.5) is 4.39 Å². The van der Waals surface area contributed by atoms with Gasteiger partial charge in [0, 0.05) is 37.3 Å². The molecule has 0 aliphatic heterocycles. The van der Waals surface area contributed by atoms with Crippen LogP contribution in [-0.4, -0.2) is 32.2 Å². The zero-order valence-corrected chi connectivity index (χ0v) is 11.7. The van der Waals surface area contributed by atoms with Crippen molar-refractivity contribution in [3.8, 4) is 0 Å². The predicted octanol–water partition coefficient (Wildman–Crippen LogP) is 1.47. The minimum absolute atomic E-state index is 0.240. The van der Waals surface area contributed by atoms with Gasteiger partial charge in [-0.1, -0.05) is 6.92 Å². The van der Waals surface area contributed by atoms with E-state index < -0.39 is 5.95 Å². The Morgan fingerprint density at radius 3 is 3.10 bits per heavy atom. The molecule has 0 aromatic carbocycles. The molecule has 0 aliphatic carbocycles. The van der Waals surface area contributed by atoms with E-state index in [0.29, 0.717) is 17.9 Å². The van der Waals surface area contributed by atoms with Crippen LogP contribution in [0.3, 0.4) is 0 Å². The Balaban J connectivity index is 1.94. The maximum atomic E-state index is 12.9. The first-order chi connectivity index (χ1) is 9.61. The maximum Gasteiger partial charge on any atom is 0.251 e. The van der Waals surface area contributed by atoms with Gasteiger partial charge in [0.05, 0.1) is 0 Å². The van der Waals surface area contributed by atoms with E-state index in [0.717, 1.165) is 18.3 Å². The van der Waals surface area contributed by atoms with Crippen LogP contribution in [0.5, 0.6) is 0 Å². The van der Waals surface area contributed by atoms with Crippen molar-refractivity contribution in [3.63, 3.8) is 0 Å². The van der Waals surface area contributed by atoms with Crippen LogP contribution in [0.15, 0.2) is 18.3 Å². The first kappa shape index (κ1) is 14.3. The van der Waals surface area contributed by atoms with Crippen LogP contribution < -0.4 is 5.32 Å². The lowest BCUT2D eigenvalue weighted by Crippen LogP contribution is -2.27. The number of rotatable bonds is 5. The minimum atomic E-state index is -0.678. The fourth-order valence-electron chi connectivity index (χ4n) is 1.78. The first-order valence-corrected chi connectivity index (χ1v) is 6.56. The summed E-state index contributed by atoms with van der Waals surface area (Å²) in [6, 6.07) is 2.55.